The molecule has 31 heavy (non-hydrogen) atoms. The second-order valence-corrected chi connectivity index (χ2v) is 8.70. The van der Waals surface area contributed by atoms with Crippen LogP contribution >= 0.6 is 23.4 Å². The molecule has 1 unspecified atom stereocenters. The summed E-state index contributed by atoms with van der Waals surface area (Å²) in [6.07, 6.45) is 2.71. The molecule has 1 aliphatic heterocycles. The molecule has 0 bridgehead atoms. The van der Waals surface area contributed by atoms with Gasteiger partial charge in [0.25, 0.3) is 0 Å². The first-order valence-electron chi connectivity index (χ1n) is 10.2. The van der Waals surface area contributed by atoms with Crippen LogP contribution in [0, 0.1) is 11.7 Å². The molecule has 3 rings (SSSR count). The molecule has 2 heterocycles. The maximum Gasteiger partial charge on any atom is 0.234 e. The average Bonchev–Trinajstić information content (AvgIpc) is 2.78. The standard InChI is InChI=1S/C21H25ClFN5O2S/c1-2-9-24-21(30)14-4-3-10-28(12-14)18-7-8-20(27-26-18)31-13-19(29)25-17-6-5-15(22)11-16(17)23/h5-8,11,14H,2-4,9-10,12-13H2,1H3,(H,24,30)(H,25,29). The lowest BCUT2D eigenvalue weighted by Crippen LogP contribution is -2.43. The van der Waals surface area contributed by atoms with Crippen molar-refractivity contribution in [2.45, 2.75) is 31.2 Å². The third-order valence-electron chi connectivity index (χ3n) is 4.85. The van der Waals surface area contributed by atoms with Gasteiger partial charge in [0, 0.05) is 24.7 Å². The van der Waals surface area contributed by atoms with Gasteiger partial charge in [-0.25, -0.2) is 4.39 Å². The average molecular weight is 466 g/mol. The number of rotatable bonds is 8. The van der Waals surface area contributed by atoms with Crippen LogP contribution in [0.15, 0.2) is 35.4 Å². The lowest BCUT2D eigenvalue weighted by Gasteiger charge is -2.32. The van der Waals surface area contributed by atoms with Crippen LogP contribution in [0.4, 0.5) is 15.9 Å². The summed E-state index contributed by atoms with van der Waals surface area (Å²) in [6.45, 7) is 4.17. The van der Waals surface area contributed by atoms with E-state index in [0.717, 1.165) is 31.9 Å². The molecule has 0 aliphatic carbocycles. The Hall–Kier alpha value is -2.39. The summed E-state index contributed by atoms with van der Waals surface area (Å²) >= 11 is 6.92. The second kappa shape index (κ2) is 11.3. The summed E-state index contributed by atoms with van der Waals surface area (Å²) in [5.74, 6) is -0.111. The van der Waals surface area contributed by atoms with Gasteiger partial charge in [-0.3, -0.25) is 9.59 Å². The normalized spacial score (nSPS) is 16.1. The van der Waals surface area contributed by atoms with Crippen molar-refractivity contribution < 1.29 is 14.0 Å². The first-order valence-corrected chi connectivity index (χ1v) is 11.6. The predicted octanol–water partition coefficient (Wildman–Crippen LogP) is 3.74. The Morgan fingerprint density at radius 3 is 2.84 bits per heavy atom. The number of aromatic nitrogens is 2. The Morgan fingerprint density at radius 2 is 2.13 bits per heavy atom. The molecule has 2 aromatic rings. The van der Waals surface area contributed by atoms with Gasteiger partial charge in [0.15, 0.2) is 5.82 Å². The highest BCUT2D eigenvalue weighted by atomic mass is 35.5. The van der Waals surface area contributed by atoms with Crippen molar-refractivity contribution in [3.05, 3.63) is 41.2 Å². The van der Waals surface area contributed by atoms with Gasteiger partial charge < -0.3 is 15.5 Å². The zero-order chi connectivity index (χ0) is 22.2. The number of benzene rings is 1. The van der Waals surface area contributed by atoms with Gasteiger partial charge in [-0.15, -0.1) is 10.2 Å². The van der Waals surface area contributed by atoms with E-state index in [2.05, 4.69) is 25.7 Å². The maximum absolute atomic E-state index is 13.8. The number of thioether (sulfide) groups is 1. The number of amides is 2. The minimum atomic E-state index is -0.585. The van der Waals surface area contributed by atoms with Gasteiger partial charge >= 0.3 is 0 Å². The van der Waals surface area contributed by atoms with Gasteiger partial charge in [0.2, 0.25) is 11.8 Å². The number of piperidine rings is 1. The summed E-state index contributed by atoms with van der Waals surface area (Å²) in [5.41, 5.74) is 0.0825. The maximum atomic E-state index is 13.8. The number of hydrogen-bond donors (Lipinski definition) is 2. The van der Waals surface area contributed by atoms with Gasteiger partial charge in [-0.05, 0) is 49.6 Å². The molecule has 0 radical (unpaired) electrons. The van der Waals surface area contributed by atoms with Gasteiger partial charge in [-0.2, -0.15) is 0 Å². The molecule has 1 aromatic heterocycles. The van der Waals surface area contributed by atoms with Crippen LogP contribution in [-0.2, 0) is 9.59 Å². The highest BCUT2D eigenvalue weighted by Crippen LogP contribution is 2.24. The van der Waals surface area contributed by atoms with Crippen LogP contribution in [0.1, 0.15) is 26.2 Å². The zero-order valence-electron chi connectivity index (χ0n) is 17.2. The van der Waals surface area contributed by atoms with E-state index in [1.54, 1.807) is 6.07 Å². The van der Waals surface area contributed by atoms with Crippen molar-refractivity contribution >= 4 is 46.7 Å². The number of nitrogens with one attached hydrogen (secondary N) is 2. The Labute approximate surface area is 190 Å². The van der Waals surface area contributed by atoms with E-state index in [-0.39, 0.29) is 34.2 Å². The van der Waals surface area contributed by atoms with E-state index in [9.17, 15) is 14.0 Å². The molecule has 1 fully saturated rings. The SMILES string of the molecule is CCCNC(=O)C1CCCN(c2ccc(SCC(=O)Nc3ccc(Cl)cc3F)nn2)C1. The number of hydrogen-bond acceptors (Lipinski definition) is 6. The number of carbonyl (C=O) groups excluding carboxylic acids is 2. The zero-order valence-corrected chi connectivity index (χ0v) is 18.8. The van der Waals surface area contributed by atoms with E-state index in [1.165, 1.54) is 23.9 Å². The summed E-state index contributed by atoms with van der Waals surface area (Å²) in [6, 6.07) is 7.72. The number of carbonyl (C=O) groups is 2. The molecular formula is C21H25ClFN5O2S. The minimum absolute atomic E-state index is 0.0480. The van der Waals surface area contributed by atoms with E-state index in [1.807, 2.05) is 13.0 Å². The number of anilines is 2. The highest BCUT2D eigenvalue weighted by Gasteiger charge is 2.26. The van der Waals surface area contributed by atoms with Crippen LogP contribution in [0.25, 0.3) is 0 Å². The van der Waals surface area contributed by atoms with Gasteiger partial charge in [0.1, 0.15) is 10.8 Å². The lowest BCUT2D eigenvalue weighted by atomic mass is 9.97. The quantitative estimate of drug-likeness (QED) is 0.577. The number of halogens is 2. The Bertz CT molecular complexity index is 915. The van der Waals surface area contributed by atoms with Crippen LogP contribution in [0.2, 0.25) is 5.02 Å². The van der Waals surface area contributed by atoms with E-state index in [4.69, 9.17) is 11.6 Å². The molecule has 166 valence electrons. The second-order valence-electron chi connectivity index (χ2n) is 7.27. The molecule has 1 saturated heterocycles. The largest absolute Gasteiger partial charge is 0.356 e. The predicted molar refractivity (Wildman–Crippen MR) is 121 cm³/mol. The summed E-state index contributed by atoms with van der Waals surface area (Å²) in [7, 11) is 0. The molecule has 1 aromatic carbocycles. The molecule has 2 amide bonds. The third-order valence-corrected chi connectivity index (χ3v) is 6.00. The lowest BCUT2D eigenvalue weighted by molar-refractivity contribution is -0.125. The first kappa shape index (κ1) is 23.3. The molecule has 2 N–H and O–H groups in total. The van der Waals surface area contributed by atoms with Crippen molar-refractivity contribution in [3.63, 3.8) is 0 Å². The summed E-state index contributed by atoms with van der Waals surface area (Å²) in [5, 5.41) is 14.8. The van der Waals surface area contributed by atoms with E-state index >= 15 is 0 Å². The van der Waals surface area contributed by atoms with Crippen molar-refractivity contribution in [1.82, 2.24) is 15.5 Å². The Kier molecular flexibility index (Phi) is 8.48. The molecular weight excluding hydrogens is 441 g/mol. The summed E-state index contributed by atoms with van der Waals surface area (Å²) in [4.78, 5) is 26.4. The van der Waals surface area contributed by atoms with Crippen LogP contribution in [0.5, 0.6) is 0 Å². The van der Waals surface area contributed by atoms with Gasteiger partial charge in [-0.1, -0.05) is 30.3 Å². The van der Waals surface area contributed by atoms with Crippen LogP contribution in [0.3, 0.4) is 0 Å². The fraction of sp³-hybridized carbons (Fsp3) is 0.429. The van der Waals surface area contributed by atoms with Crippen molar-refractivity contribution in [2.24, 2.45) is 5.92 Å². The van der Waals surface area contributed by atoms with Gasteiger partial charge in [0.05, 0.1) is 17.4 Å². The smallest absolute Gasteiger partial charge is 0.234 e. The fourth-order valence-electron chi connectivity index (χ4n) is 3.27. The molecule has 0 spiro atoms. The molecule has 0 saturated carbocycles. The molecule has 7 nitrogen and oxygen atoms in total. The number of nitrogens with zero attached hydrogens (tertiary/aromatic N) is 3. The Morgan fingerprint density at radius 1 is 1.29 bits per heavy atom. The van der Waals surface area contributed by atoms with Crippen LogP contribution < -0.4 is 15.5 Å². The minimum Gasteiger partial charge on any atom is -0.356 e. The third kappa shape index (κ3) is 6.80. The van der Waals surface area contributed by atoms with Crippen molar-refractivity contribution in [3.8, 4) is 0 Å². The van der Waals surface area contributed by atoms with Crippen molar-refractivity contribution in [2.75, 3.05) is 35.6 Å². The monoisotopic (exact) mass is 465 g/mol. The van der Waals surface area contributed by atoms with Crippen LogP contribution in [-0.4, -0.2) is 47.4 Å². The molecule has 10 heteroatoms. The fourth-order valence-corrected chi connectivity index (χ4v) is 4.04. The first-order chi connectivity index (χ1) is 15.0. The van der Waals surface area contributed by atoms with Crippen molar-refractivity contribution in [1.29, 1.82) is 0 Å². The topological polar surface area (TPSA) is 87.2 Å². The van der Waals surface area contributed by atoms with E-state index < -0.39 is 5.82 Å². The highest BCUT2D eigenvalue weighted by molar-refractivity contribution is 7.99. The Balaban J connectivity index is 1.50. The molecule has 1 aliphatic rings. The summed E-state index contributed by atoms with van der Waals surface area (Å²) < 4.78 is 13.8. The molecule has 1 atom stereocenters. The van der Waals surface area contributed by atoms with E-state index in [0.29, 0.717) is 23.9 Å².